The van der Waals surface area contributed by atoms with Gasteiger partial charge in [-0.1, -0.05) is 25.6 Å². The molecule has 0 aliphatic carbocycles. The van der Waals surface area contributed by atoms with Gasteiger partial charge in [-0.25, -0.2) is 13.8 Å². The lowest BCUT2D eigenvalue weighted by Gasteiger charge is -2.13. The van der Waals surface area contributed by atoms with Crippen molar-refractivity contribution in [3.8, 4) is 0 Å². The predicted octanol–water partition coefficient (Wildman–Crippen LogP) is 3.60. The van der Waals surface area contributed by atoms with Crippen LogP contribution in [0.25, 0.3) is 0 Å². The maximum absolute atomic E-state index is 13.2. The van der Waals surface area contributed by atoms with Gasteiger partial charge in [-0.3, -0.25) is 0 Å². The molecule has 21 heavy (non-hydrogen) atoms. The van der Waals surface area contributed by atoms with E-state index in [4.69, 9.17) is 0 Å². The molecule has 0 saturated heterocycles. The topological polar surface area (TPSA) is 38.0 Å². The third-order valence-corrected chi connectivity index (χ3v) is 3.96. The highest BCUT2D eigenvalue weighted by Gasteiger charge is 2.12. The molecule has 0 radical (unpaired) electrons. The van der Waals surface area contributed by atoms with Crippen molar-refractivity contribution >= 4 is 11.8 Å². The Kier molecular flexibility index (Phi) is 5.36. The quantitative estimate of drug-likeness (QED) is 0.828. The second-order valence-corrected chi connectivity index (χ2v) is 6.20. The molecule has 1 heterocycles. The second kappa shape index (κ2) is 7.04. The Morgan fingerprint density at radius 3 is 2.48 bits per heavy atom. The summed E-state index contributed by atoms with van der Waals surface area (Å²) in [4.78, 5) is 4.28. The van der Waals surface area contributed by atoms with Crippen molar-refractivity contribution < 1.29 is 13.9 Å². The molecule has 2 rings (SSSR count). The fourth-order valence-electron chi connectivity index (χ4n) is 2.04. The van der Waals surface area contributed by atoms with Crippen LogP contribution in [0.1, 0.15) is 25.1 Å². The van der Waals surface area contributed by atoms with Gasteiger partial charge in [0.05, 0.1) is 18.5 Å². The highest BCUT2D eigenvalue weighted by atomic mass is 32.2. The van der Waals surface area contributed by atoms with Crippen molar-refractivity contribution in [3.05, 3.63) is 47.3 Å². The Morgan fingerprint density at radius 1 is 1.24 bits per heavy atom. The van der Waals surface area contributed by atoms with Gasteiger partial charge in [0.15, 0.2) is 5.16 Å². The fourth-order valence-corrected chi connectivity index (χ4v) is 2.97. The summed E-state index contributed by atoms with van der Waals surface area (Å²) in [5, 5.41) is 10.1. The van der Waals surface area contributed by atoms with Crippen LogP contribution in [0, 0.1) is 17.6 Å². The minimum atomic E-state index is -0.577. The Bertz CT molecular complexity index is 593. The second-order valence-electron chi connectivity index (χ2n) is 5.26. The van der Waals surface area contributed by atoms with Gasteiger partial charge in [0, 0.05) is 18.4 Å². The number of rotatable bonds is 6. The molecule has 6 heteroatoms. The van der Waals surface area contributed by atoms with E-state index in [2.05, 4.69) is 18.8 Å². The number of aliphatic hydroxyl groups is 1. The van der Waals surface area contributed by atoms with Gasteiger partial charge < -0.3 is 9.67 Å². The zero-order chi connectivity index (χ0) is 15.4. The number of thioether (sulfide) groups is 1. The maximum atomic E-state index is 13.2. The number of hydrogen-bond donors (Lipinski definition) is 1. The van der Waals surface area contributed by atoms with Crippen LogP contribution in [0.3, 0.4) is 0 Å². The normalized spacial score (nSPS) is 11.3. The zero-order valence-corrected chi connectivity index (χ0v) is 12.8. The van der Waals surface area contributed by atoms with Crippen LogP contribution in [0.2, 0.25) is 0 Å². The van der Waals surface area contributed by atoms with E-state index in [0.717, 1.165) is 23.5 Å². The number of aromatic nitrogens is 2. The first-order valence-electron chi connectivity index (χ1n) is 6.72. The van der Waals surface area contributed by atoms with E-state index in [1.54, 1.807) is 6.20 Å². The molecule has 0 aliphatic rings. The number of aliphatic hydroxyl groups excluding tert-OH is 1. The molecule has 114 valence electrons. The van der Waals surface area contributed by atoms with Crippen molar-refractivity contribution in [2.24, 2.45) is 5.92 Å². The van der Waals surface area contributed by atoms with Gasteiger partial charge in [0.1, 0.15) is 11.6 Å². The molecule has 1 aromatic heterocycles. The van der Waals surface area contributed by atoms with Crippen LogP contribution in [-0.4, -0.2) is 14.7 Å². The average molecular weight is 312 g/mol. The number of benzene rings is 1. The molecule has 0 saturated carbocycles. The molecule has 0 aliphatic heterocycles. The Hall–Kier alpha value is -1.40. The van der Waals surface area contributed by atoms with Crippen molar-refractivity contribution in [1.82, 2.24) is 9.55 Å². The summed E-state index contributed by atoms with van der Waals surface area (Å²) in [6, 6.07) is 3.50. The summed E-state index contributed by atoms with van der Waals surface area (Å²) in [6.45, 7) is 4.83. The SMILES string of the molecule is CC(C)Cn1c(CO)cnc1SCc1cc(F)cc(F)c1. The minimum Gasteiger partial charge on any atom is -0.390 e. The summed E-state index contributed by atoms with van der Waals surface area (Å²) in [5.74, 6) is -0.316. The van der Waals surface area contributed by atoms with Crippen molar-refractivity contribution in [2.45, 2.75) is 37.9 Å². The molecule has 0 unspecified atom stereocenters. The van der Waals surface area contributed by atoms with E-state index < -0.39 is 11.6 Å². The molecular weight excluding hydrogens is 294 g/mol. The molecule has 0 bridgehead atoms. The van der Waals surface area contributed by atoms with Gasteiger partial charge >= 0.3 is 0 Å². The predicted molar refractivity (Wildman–Crippen MR) is 78.9 cm³/mol. The van der Waals surface area contributed by atoms with E-state index in [9.17, 15) is 13.9 Å². The largest absolute Gasteiger partial charge is 0.390 e. The Balaban J connectivity index is 2.14. The van der Waals surface area contributed by atoms with Gasteiger partial charge in [0.25, 0.3) is 0 Å². The minimum absolute atomic E-state index is 0.0745. The molecule has 2 aromatic rings. The van der Waals surface area contributed by atoms with Crippen LogP contribution >= 0.6 is 11.8 Å². The fraction of sp³-hybridized carbons (Fsp3) is 0.400. The number of imidazole rings is 1. The highest BCUT2D eigenvalue weighted by Crippen LogP contribution is 2.24. The van der Waals surface area contributed by atoms with E-state index in [1.165, 1.54) is 23.9 Å². The molecule has 0 amide bonds. The first kappa shape index (κ1) is 16.0. The van der Waals surface area contributed by atoms with Crippen molar-refractivity contribution in [1.29, 1.82) is 0 Å². The number of hydrogen-bond acceptors (Lipinski definition) is 3. The van der Waals surface area contributed by atoms with Crippen LogP contribution in [0.5, 0.6) is 0 Å². The van der Waals surface area contributed by atoms with Crippen molar-refractivity contribution in [3.63, 3.8) is 0 Å². The summed E-state index contributed by atoms with van der Waals surface area (Å²) in [6.07, 6.45) is 1.64. The summed E-state index contributed by atoms with van der Waals surface area (Å²) in [7, 11) is 0. The smallest absolute Gasteiger partial charge is 0.168 e. The molecule has 3 nitrogen and oxygen atoms in total. The monoisotopic (exact) mass is 312 g/mol. The van der Waals surface area contributed by atoms with E-state index >= 15 is 0 Å². The number of halogens is 2. The van der Waals surface area contributed by atoms with Gasteiger partial charge in [-0.15, -0.1) is 0 Å². The molecule has 0 spiro atoms. The zero-order valence-electron chi connectivity index (χ0n) is 12.0. The molecule has 0 fully saturated rings. The van der Waals surface area contributed by atoms with Crippen LogP contribution in [0.4, 0.5) is 8.78 Å². The third kappa shape index (κ3) is 4.28. The molecule has 1 N–H and O–H groups in total. The lowest BCUT2D eigenvalue weighted by molar-refractivity contribution is 0.266. The van der Waals surface area contributed by atoms with Crippen LogP contribution < -0.4 is 0 Å². The van der Waals surface area contributed by atoms with Gasteiger partial charge in [0.2, 0.25) is 0 Å². The molecular formula is C15H18F2N2OS. The van der Waals surface area contributed by atoms with Gasteiger partial charge in [-0.05, 0) is 23.6 Å². The van der Waals surface area contributed by atoms with Gasteiger partial charge in [-0.2, -0.15) is 0 Å². The lowest BCUT2D eigenvalue weighted by atomic mass is 10.2. The first-order valence-corrected chi connectivity index (χ1v) is 7.71. The maximum Gasteiger partial charge on any atom is 0.168 e. The molecule has 0 atom stereocenters. The van der Waals surface area contributed by atoms with E-state index in [1.807, 2.05) is 4.57 Å². The highest BCUT2D eigenvalue weighted by molar-refractivity contribution is 7.98. The average Bonchev–Trinajstić information content (AvgIpc) is 2.76. The summed E-state index contributed by atoms with van der Waals surface area (Å²) >= 11 is 1.40. The first-order chi connectivity index (χ1) is 9.99. The third-order valence-electron chi connectivity index (χ3n) is 2.90. The van der Waals surface area contributed by atoms with E-state index in [-0.39, 0.29) is 6.61 Å². The Morgan fingerprint density at radius 2 is 1.90 bits per heavy atom. The number of nitrogens with zero attached hydrogens (tertiary/aromatic N) is 2. The Labute approximate surface area is 127 Å². The van der Waals surface area contributed by atoms with Crippen molar-refractivity contribution in [2.75, 3.05) is 0 Å². The molecule has 1 aromatic carbocycles. The lowest BCUT2D eigenvalue weighted by Crippen LogP contribution is -2.09. The summed E-state index contributed by atoms with van der Waals surface area (Å²) in [5.41, 5.74) is 1.32. The van der Waals surface area contributed by atoms with Crippen LogP contribution in [0.15, 0.2) is 29.6 Å². The van der Waals surface area contributed by atoms with Crippen LogP contribution in [-0.2, 0) is 18.9 Å². The summed E-state index contributed by atoms with van der Waals surface area (Å²) < 4.78 is 28.3. The standard InChI is InChI=1S/C15H18F2N2OS/c1-10(2)7-19-14(8-20)6-18-15(19)21-9-11-3-12(16)5-13(17)4-11/h3-6,10,20H,7-9H2,1-2H3. The van der Waals surface area contributed by atoms with E-state index in [0.29, 0.717) is 17.2 Å².